The molecule has 1 aromatic heterocycles. The number of rotatable bonds is 0. The topological polar surface area (TPSA) is 40.7 Å². The van der Waals surface area contributed by atoms with Gasteiger partial charge < -0.3 is 5.32 Å². The maximum Gasteiger partial charge on any atom is 0.0538 e. The third-order valence-electron chi connectivity index (χ3n) is 2.82. The van der Waals surface area contributed by atoms with Gasteiger partial charge in [0.1, 0.15) is 0 Å². The molecular weight excluding hydrogens is 174 g/mol. The van der Waals surface area contributed by atoms with Crippen molar-refractivity contribution in [2.45, 2.75) is 31.3 Å². The average Bonchev–Trinajstić information content (AvgIpc) is 2.58. The van der Waals surface area contributed by atoms with Crippen molar-refractivity contribution in [2.24, 2.45) is 0 Å². The molecule has 66 valence electrons. The lowest BCUT2D eigenvalue weighted by Gasteiger charge is -2.20. The molecule has 2 unspecified atom stereocenters. The number of nitrogens with zero attached hydrogens (tertiary/aromatic N) is 1. The fraction of sp³-hybridized carbons (Fsp3) is 0.625. The lowest BCUT2D eigenvalue weighted by atomic mass is 10.0. The molecule has 2 N–H and O–H groups in total. The molecule has 12 heavy (non-hydrogen) atoms. The molecule has 2 aliphatic rings. The van der Waals surface area contributed by atoms with Gasteiger partial charge in [-0.2, -0.15) is 5.10 Å². The smallest absolute Gasteiger partial charge is 0.0538 e. The van der Waals surface area contributed by atoms with Crippen molar-refractivity contribution in [3.05, 3.63) is 17.5 Å². The van der Waals surface area contributed by atoms with Gasteiger partial charge in [-0.3, -0.25) is 5.10 Å². The Morgan fingerprint density at radius 3 is 3.25 bits per heavy atom. The molecule has 0 saturated carbocycles. The predicted molar refractivity (Wildman–Crippen MR) is 48.4 cm³/mol. The molecule has 3 rings (SSSR count). The Kier molecular flexibility index (Phi) is 1.85. The number of aromatic amines is 1. The van der Waals surface area contributed by atoms with E-state index in [0.29, 0.717) is 12.1 Å². The van der Waals surface area contributed by atoms with E-state index in [1.165, 1.54) is 24.1 Å². The van der Waals surface area contributed by atoms with Gasteiger partial charge in [0.05, 0.1) is 6.20 Å². The Balaban J connectivity index is 0.000000563. The molecule has 1 aromatic rings. The first kappa shape index (κ1) is 8.08. The Labute approximate surface area is 77.3 Å². The van der Waals surface area contributed by atoms with Crippen molar-refractivity contribution >= 4 is 12.4 Å². The minimum absolute atomic E-state index is 0. The van der Waals surface area contributed by atoms with E-state index in [2.05, 4.69) is 15.5 Å². The van der Waals surface area contributed by atoms with E-state index in [4.69, 9.17) is 0 Å². The normalized spacial score (nSPS) is 31.0. The van der Waals surface area contributed by atoms with Crippen molar-refractivity contribution in [3.63, 3.8) is 0 Å². The first-order valence-electron chi connectivity index (χ1n) is 4.21. The summed E-state index contributed by atoms with van der Waals surface area (Å²) in [5.74, 6) is 0. The molecule has 3 nitrogen and oxygen atoms in total. The molecule has 2 aliphatic heterocycles. The lowest BCUT2D eigenvalue weighted by molar-refractivity contribution is 0.511. The summed E-state index contributed by atoms with van der Waals surface area (Å²) in [6, 6.07) is 1.32. The molecule has 1 saturated heterocycles. The highest BCUT2D eigenvalue weighted by Gasteiger charge is 2.32. The third kappa shape index (κ3) is 0.967. The molecule has 1 fully saturated rings. The Morgan fingerprint density at radius 2 is 2.33 bits per heavy atom. The van der Waals surface area contributed by atoms with Crippen LogP contribution in [0.25, 0.3) is 0 Å². The Morgan fingerprint density at radius 1 is 1.42 bits per heavy atom. The van der Waals surface area contributed by atoms with Crippen LogP contribution in [0.5, 0.6) is 0 Å². The van der Waals surface area contributed by atoms with Crippen LogP contribution in [0.15, 0.2) is 6.20 Å². The fourth-order valence-corrected chi connectivity index (χ4v) is 2.26. The highest BCUT2D eigenvalue weighted by Crippen LogP contribution is 2.34. The van der Waals surface area contributed by atoms with Crippen molar-refractivity contribution in [1.82, 2.24) is 15.5 Å². The monoisotopic (exact) mass is 185 g/mol. The molecule has 0 aromatic carbocycles. The molecule has 0 spiro atoms. The van der Waals surface area contributed by atoms with E-state index >= 15 is 0 Å². The standard InChI is InChI=1S/C8H11N3.ClH/c1-2-7-6-4-9-11-8(6)3-5(1)10-7;/h4-5,7,10H,1-3H2,(H,9,11);1H. The van der Waals surface area contributed by atoms with Gasteiger partial charge in [-0.05, 0) is 12.8 Å². The zero-order chi connectivity index (χ0) is 7.26. The van der Waals surface area contributed by atoms with Crippen molar-refractivity contribution < 1.29 is 0 Å². The van der Waals surface area contributed by atoms with Crippen LogP contribution in [0.1, 0.15) is 30.1 Å². The van der Waals surface area contributed by atoms with Crippen LogP contribution in [0.2, 0.25) is 0 Å². The maximum atomic E-state index is 4.06. The fourth-order valence-electron chi connectivity index (χ4n) is 2.26. The molecule has 0 radical (unpaired) electrons. The Hall–Kier alpha value is -0.540. The number of hydrogen-bond donors (Lipinski definition) is 2. The van der Waals surface area contributed by atoms with Gasteiger partial charge in [-0.25, -0.2) is 0 Å². The van der Waals surface area contributed by atoms with Gasteiger partial charge >= 0.3 is 0 Å². The summed E-state index contributed by atoms with van der Waals surface area (Å²) < 4.78 is 0. The third-order valence-corrected chi connectivity index (χ3v) is 2.82. The molecule has 0 aliphatic carbocycles. The van der Waals surface area contributed by atoms with E-state index in [-0.39, 0.29) is 12.4 Å². The zero-order valence-corrected chi connectivity index (χ0v) is 7.53. The van der Waals surface area contributed by atoms with Gasteiger partial charge in [0.2, 0.25) is 0 Å². The summed E-state index contributed by atoms with van der Waals surface area (Å²) in [7, 11) is 0. The van der Waals surface area contributed by atoms with Crippen LogP contribution >= 0.6 is 12.4 Å². The number of hydrogen-bond acceptors (Lipinski definition) is 2. The SMILES string of the molecule is Cl.c1n[nH]c2c1C1CCC(C2)N1. The molecule has 4 heteroatoms. The largest absolute Gasteiger partial charge is 0.307 e. The number of nitrogens with one attached hydrogen (secondary N) is 2. The van der Waals surface area contributed by atoms with Crippen LogP contribution in [0.4, 0.5) is 0 Å². The summed E-state index contributed by atoms with van der Waals surface area (Å²) in [6.45, 7) is 0. The second kappa shape index (κ2) is 2.75. The van der Waals surface area contributed by atoms with E-state index in [1.807, 2.05) is 6.20 Å². The highest BCUT2D eigenvalue weighted by molar-refractivity contribution is 5.85. The van der Waals surface area contributed by atoms with Crippen LogP contribution in [-0.4, -0.2) is 16.2 Å². The number of halogens is 1. The van der Waals surface area contributed by atoms with Gasteiger partial charge in [0.25, 0.3) is 0 Å². The molecule has 2 atom stereocenters. The maximum absolute atomic E-state index is 4.06. The second-order valence-corrected chi connectivity index (χ2v) is 3.50. The molecule has 3 heterocycles. The summed E-state index contributed by atoms with van der Waals surface area (Å²) in [5, 5.41) is 10.7. The molecular formula is C8H12ClN3. The van der Waals surface area contributed by atoms with Crippen LogP contribution < -0.4 is 5.32 Å². The van der Waals surface area contributed by atoms with Crippen LogP contribution in [0.3, 0.4) is 0 Å². The summed E-state index contributed by atoms with van der Waals surface area (Å²) >= 11 is 0. The molecule has 0 amide bonds. The van der Waals surface area contributed by atoms with E-state index in [9.17, 15) is 0 Å². The predicted octanol–water partition coefficient (Wildman–Crippen LogP) is 1.18. The van der Waals surface area contributed by atoms with Crippen LogP contribution in [-0.2, 0) is 6.42 Å². The number of aromatic nitrogens is 2. The first-order chi connectivity index (χ1) is 5.43. The van der Waals surface area contributed by atoms with Crippen molar-refractivity contribution in [3.8, 4) is 0 Å². The average molecular weight is 186 g/mol. The number of fused-ring (bicyclic) bond motifs is 4. The summed E-state index contributed by atoms with van der Waals surface area (Å²) in [4.78, 5) is 0. The van der Waals surface area contributed by atoms with Crippen LogP contribution in [0, 0.1) is 0 Å². The first-order valence-corrected chi connectivity index (χ1v) is 4.21. The van der Waals surface area contributed by atoms with E-state index < -0.39 is 0 Å². The second-order valence-electron chi connectivity index (χ2n) is 3.50. The van der Waals surface area contributed by atoms with Crippen molar-refractivity contribution in [1.29, 1.82) is 0 Å². The highest BCUT2D eigenvalue weighted by atomic mass is 35.5. The molecule has 2 bridgehead atoms. The zero-order valence-electron chi connectivity index (χ0n) is 6.71. The Bertz CT molecular complexity index is 284. The van der Waals surface area contributed by atoms with Gasteiger partial charge in [-0.15, -0.1) is 12.4 Å². The summed E-state index contributed by atoms with van der Waals surface area (Å²) in [6.07, 6.45) is 5.73. The van der Waals surface area contributed by atoms with Gasteiger partial charge in [0, 0.05) is 29.8 Å². The number of H-pyrrole nitrogens is 1. The quantitative estimate of drug-likeness (QED) is 0.638. The van der Waals surface area contributed by atoms with Gasteiger partial charge in [-0.1, -0.05) is 0 Å². The van der Waals surface area contributed by atoms with E-state index in [0.717, 1.165) is 6.42 Å². The minimum Gasteiger partial charge on any atom is -0.307 e. The lowest BCUT2D eigenvalue weighted by Crippen LogP contribution is -2.31. The van der Waals surface area contributed by atoms with Gasteiger partial charge in [0.15, 0.2) is 0 Å². The summed E-state index contributed by atoms with van der Waals surface area (Å²) in [5.41, 5.74) is 2.76. The van der Waals surface area contributed by atoms with E-state index in [1.54, 1.807) is 0 Å². The van der Waals surface area contributed by atoms with Crippen molar-refractivity contribution in [2.75, 3.05) is 0 Å². The minimum atomic E-state index is 0.